The second-order valence-corrected chi connectivity index (χ2v) is 5.99. The first-order chi connectivity index (χ1) is 10.9. The van der Waals surface area contributed by atoms with E-state index >= 15 is 0 Å². The summed E-state index contributed by atoms with van der Waals surface area (Å²) >= 11 is 11.7. The standard InChI is InChI=1S/C15H17Cl2NO5/c16-10-3-1-8(5-11(10)17)2-4-13(21)18-14-12(20)6-9(7-19)23-15(14)22/h1-5,9,12,14-15,19-20,22H,6-7H2,(H,18,21)/b4-2+/t9-,12-,14+,15?/m0/s1. The smallest absolute Gasteiger partial charge is 0.244 e. The van der Waals surface area contributed by atoms with E-state index in [1.807, 2.05) is 0 Å². The quantitative estimate of drug-likeness (QED) is 0.598. The SMILES string of the molecule is O=C(/C=C/c1ccc(Cl)c(Cl)c1)N[C@H]1C(O)O[C@H](CO)C[C@@H]1O. The molecule has 1 aromatic carbocycles. The summed E-state index contributed by atoms with van der Waals surface area (Å²) in [6.45, 7) is -0.313. The number of halogens is 2. The lowest BCUT2D eigenvalue weighted by molar-refractivity contribution is -0.214. The monoisotopic (exact) mass is 361 g/mol. The normalized spacial score (nSPS) is 28.0. The molecule has 8 heteroatoms. The maximum atomic E-state index is 11.9. The van der Waals surface area contributed by atoms with Crippen LogP contribution in [0, 0.1) is 0 Å². The van der Waals surface area contributed by atoms with Crippen LogP contribution >= 0.6 is 23.2 Å². The Morgan fingerprint density at radius 2 is 2.09 bits per heavy atom. The average molecular weight is 362 g/mol. The zero-order chi connectivity index (χ0) is 17.0. The molecule has 1 unspecified atom stereocenters. The highest BCUT2D eigenvalue weighted by Crippen LogP contribution is 2.23. The summed E-state index contributed by atoms with van der Waals surface area (Å²) in [5.74, 6) is -0.509. The summed E-state index contributed by atoms with van der Waals surface area (Å²) in [5.41, 5.74) is 0.677. The van der Waals surface area contributed by atoms with Crippen LogP contribution in [0.15, 0.2) is 24.3 Å². The Morgan fingerprint density at radius 3 is 2.70 bits per heavy atom. The third kappa shape index (κ3) is 4.91. The third-order valence-electron chi connectivity index (χ3n) is 3.44. The summed E-state index contributed by atoms with van der Waals surface area (Å²) in [5, 5.41) is 31.9. The minimum absolute atomic E-state index is 0.120. The second-order valence-electron chi connectivity index (χ2n) is 5.18. The number of carbonyl (C=O) groups is 1. The van der Waals surface area contributed by atoms with Gasteiger partial charge in [0.2, 0.25) is 5.91 Å². The van der Waals surface area contributed by atoms with Gasteiger partial charge in [0, 0.05) is 12.5 Å². The first-order valence-corrected chi connectivity index (χ1v) is 7.72. The Labute approximate surface area is 143 Å². The number of aliphatic hydroxyl groups is 3. The molecule has 1 aromatic rings. The average Bonchev–Trinajstić information content (AvgIpc) is 2.51. The molecule has 23 heavy (non-hydrogen) atoms. The van der Waals surface area contributed by atoms with Crippen molar-refractivity contribution < 1.29 is 24.9 Å². The predicted octanol–water partition coefficient (Wildman–Crippen LogP) is 0.952. The fourth-order valence-electron chi connectivity index (χ4n) is 2.23. The van der Waals surface area contributed by atoms with E-state index in [0.717, 1.165) is 0 Å². The van der Waals surface area contributed by atoms with Crippen molar-refractivity contribution in [1.82, 2.24) is 5.32 Å². The molecule has 1 fully saturated rings. The molecule has 6 nitrogen and oxygen atoms in total. The lowest BCUT2D eigenvalue weighted by Crippen LogP contribution is -2.57. The zero-order valence-electron chi connectivity index (χ0n) is 12.0. The maximum Gasteiger partial charge on any atom is 0.244 e. The van der Waals surface area contributed by atoms with Gasteiger partial charge in [0.15, 0.2) is 6.29 Å². The number of ether oxygens (including phenoxy) is 1. The molecule has 4 N–H and O–H groups in total. The van der Waals surface area contributed by atoms with Crippen LogP contribution in [0.2, 0.25) is 10.0 Å². The molecule has 126 valence electrons. The van der Waals surface area contributed by atoms with Crippen LogP contribution in [0.5, 0.6) is 0 Å². The number of carbonyl (C=O) groups excluding carboxylic acids is 1. The van der Waals surface area contributed by atoms with Gasteiger partial charge in [-0.2, -0.15) is 0 Å². The number of rotatable bonds is 4. The molecular formula is C15H17Cl2NO5. The van der Waals surface area contributed by atoms with E-state index in [1.165, 1.54) is 12.2 Å². The van der Waals surface area contributed by atoms with Crippen LogP contribution in [0.3, 0.4) is 0 Å². The van der Waals surface area contributed by atoms with Crippen LogP contribution in [0.25, 0.3) is 6.08 Å². The molecule has 0 radical (unpaired) electrons. The van der Waals surface area contributed by atoms with Crippen molar-refractivity contribution in [2.24, 2.45) is 0 Å². The molecule has 1 amide bonds. The number of benzene rings is 1. The summed E-state index contributed by atoms with van der Waals surface area (Å²) < 4.78 is 5.09. The van der Waals surface area contributed by atoms with E-state index in [2.05, 4.69) is 5.32 Å². The van der Waals surface area contributed by atoms with E-state index in [-0.39, 0.29) is 13.0 Å². The van der Waals surface area contributed by atoms with Gasteiger partial charge in [-0.1, -0.05) is 29.3 Å². The topological polar surface area (TPSA) is 99.0 Å². The fourth-order valence-corrected chi connectivity index (χ4v) is 2.54. The number of nitrogens with one attached hydrogen (secondary N) is 1. The van der Waals surface area contributed by atoms with Gasteiger partial charge in [-0.3, -0.25) is 4.79 Å². The molecular weight excluding hydrogens is 345 g/mol. The van der Waals surface area contributed by atoms with Gasteiger partial charge in [0.1, 0.15) is 6.04 Å². The van der Waals surface area contributed by atoms with E-state index in [9.17, 15) is 15.0 Å². The van der Waals surface area contributed by atoms with Crippen molar-refractivity contribution in [2.45, 2.75) is 31.0 Å². The first-order valence-electron chi connectivity index (χ1n) is 6.96. The molecule has 1 heterocycles. The second kappa shape index (κ2) is 8.10. The lowest BCUT2D eigenvalue weighted by atomic mass is 10.0. The molecule has 0 saturated carbocycles. The number of hydrogen-bond donors (Lipinski definition) is 4. The first kappa shape index (κ1) is 18.2. The van der Waals surface area contributed by atoms with Crippen LogP contribution in [0.4, 0.5) is 0 Å². The molecule has 2 rings (SSSR count). The van der Waals surface area contributed by atoms with Crippen molar-refractivity contribution in [3.8, 4) is 0 Å². The maximum absolute atomic E-state index is 11.9. The zero-order valence-corrected chi connectivity index (χ0v) is 13.5. The van der Waals surface area contributed by atoms with Crippen molar-refractivity contribution in [2.75, 3.05) is 6.61 Å². The number of aliphatic hydroxyl groups excluding tert-OH is 3. The van der Waals surface area contributed by atoms with E-state index in [4.69, 9.17) is 33.0 Å². The lowest BCUT2D eigenvalue weighted by Gasteiger charge is -2.36. The third-order valence-corrected chi connectivity index (χ3v) is 4.18. The van der Waals surface area contributed by atoms with E-state index in [1.54, 1.807) is 18.2 Å². The highest BCUT2D eigenvalue weighted by Gasteiger charge is 2.37. The van der Waals surface area contributed by atoms with Gasteiger partial charge in [-0.25, -0.2) is 0 Å². The van der Waals surface area contributed by atoms with E-state index < -0.39 is 30.4 Å². The van der Waals surface area contributed by atoms with Crippen molar-refractivity contribution in [3.63, 3.8) is 0 Å². The van der Waals surface area contributed by atoms with Gasteiger partial charge >= 0.3 is 0 Å². The number of hydrogen-bond acceptors (Lipinski definition) is 5. The Morgan fingerprint density at radius 1 is 1.35 bits per heavy atom. The van der Waals surface area contributed by atoms with Crippen LogP contribution < -0.4 is 5.32 Å². The Bertz CT molecular complexity index is 583. The molecule has 0 aliphatic carbocycles. The summed E-state index contributed by atoms with van der Waals surface area (Å²) in [7, 11) is 0. The summed E-state index contributed by atoms with van der Waals surface area (Å²) in [6, 6.07) is 3.94. The van der Waals surface area contributed by atoms with Crippen molar-refractivity contribution in [3.05, 3.63) is 39.9 Å². The summed E-state index contributed by atoms with van der Waals surface area (Å²) in [4.78, 5) is 11.9. The molecule has 1 saturated heterocycles. The van der Waals surface area contributed by atoms with Gasteiger partial charge in [0.05, 0.1) is 28.9 Å². The molecule has 4 atom stereocenters. The van der Waals surface area contributed by atoms with Crippen LogP contribution in [0.1, 0.15) is 12.0 Å². The Hall–Kier alpha value is -1.15. The van der Waals surface area contributed by atoms with Crippen molar-refractivity contribution >= 4 is 35.2 Å². The molecule has 1 aliphatic rings. The fraction of sp³-hybridized carbons (Fsp3) is 0.400. The van der Waals surface area contributed by atoms with E-state index in [0.29, 0.717) is 15.6 Å². The molecule has 0 spiro atoms. The minimum Gasteiger partial charge on any atom is -0.394 e. The highest BCUT2D eigenvalue weighted by atomic mass is 35.5. The van der Waals surface area contributed by atoms with Crippen LogP contribution in [-0.4, -0.2) is 52.4 Å². The minimum atomic E-state index is -1.39. The van der Waals surface area contributed by atoms with Gasteiger partial charge < -0.3 is 25.4 Å². The molecule has 0 aromatic heterocycles. The van der Waals surface area contributed by atoms with Crippen molar-refractivity contribution in [1.29, 1.82) is 0 Å². The molecule has 0 bridgehead atoms. The largest absolute Gasteiger partial charge is 0.394 e. The van der Waals surface area contributed by atoms with Crippen LogP contribution in [-0.2, 0) is 9.53 Å². The number of amides is 1. The van der Waals surface area contributed by atoms with Gasteiger partial charge in [-0.05, 0) is 23.8 Å². The highest BCUT2D eigenvalue weighted by molar-refractivity contribution is 6.42. The summed E-state index contributed by atoms with van der Waals surface area (Å²) in [6.07, 6.45) is -0.167. The predicted molar refractivity (Wildman–Crippen MR) is 86.0 cm³/mol. The molecule has 1 aliphatic heterocycles. The Balaban J connectivity index is 1.96. The van der Waals surface area contributed by atoms with Gasteiger partial charge in [0.25, 0.3) is 0 Å². The Kier molecular flexibility index (Phi) is 6.41. The van der Waals surface area contributed by atoms with Gasteiger partial charge in [-0.15, -0.1) is 0 Å².